The molecule has 0 heterocycles. The van der Waals surface area contributed by atoms with Crippen molar-refractivity contribution < 1.29 is 14.3 Å². The van der Waals surface area contributed by atoms with Crippen LogP contribution in [0.1, 0.15) is 82.5 Å². The highest BCUT2D eigenvalue weighted by atomic mass is 16.5. The van der Waals surface area contributed by atoms with Crippen LogP contribution in [0.15, 0.2) is 47.6 Å². The Morgan fingerprint density at radius 2 is 2.00 bits per heavy atom. The summed E-state index contributed by atoms with van der Waals surface area (Å²) < 4.78 is 11.0. The third kappa shape index (κ3) is 5.73. The van der Waals surface area contributed by atoms with Gasteiger partial charge in [-0.1, -0.05) is 50.0 Å². The van der Waals surface area contributed by atoms with Gasteiger partial charge in [-0.25, -0.2) is 4.79 Å². The lowest BCUT2D eigenvalue weighted by atomic mass is 9.70. The second kappa shape index (κ2) is 10.5. The highest BCUT2D eigenvalue weighted by Crippen LogP contribution is 2.49. The summed E-state index contributed by atoms with van der Waals surface area (Å²) in [6.07, 6.45) is 14.0. The van der Waals surface area contributed by atoms with E-state index < -0.39 is 0 Å². The zero-order valence-electron chi connectivity index (χ0n) is 22.1. The zero-order chi connectivity index (χ0) is 25.2. The van der Waals surface area contributed by atoms with Crippen molar-refractivity contribution in [1.82, 2.24) is 4.90 Å². The van der Waals surface area contributed by atoms with Crippen LogP contribution in [0.3, 0.4) is 0 Å². The Morgan fingerprint density at radius 1 is 1.23 bits per heavy atom. The highest BCUT2D eigenvalue weighted by molar-refractivity contribution is 5.87. The van der Waals surface area contributed by atoms with Crippen LogP contribution in [0.2, 0.25) is 0 Å². The van der Waals surface area contributed by atoms with Crippen molar-refractivity contribution >= 4 is 5.97 Å². The van der Waals surface area contributed by atoms with E-state index in [1.54, 1.807) is 7.11 Å². The molecule has 4 nitrogen and oxygen atoms in total. The molecule has 186 valence electrons. The Kier molecular flexibility index (Phi) is 7.57. The minimum Gasteiger partial charge on any atom is -0.496 e. The summed E-state index contributed by atoms with van der Waals surface area (Å²) in [4.78, 5) is 14.4. The zero-order valence-corrected chi connectivity index (χ0v) is 22.1. The Hall–Kier alpha value is -2.77. The predicted molar refractivity (Wildman–Crippen MR) is 141 cm³/mol. The van der Waals surface area contributed by atoms with E-state index in [1.165, 1.54) is 24.0 Å². The molecule has 4 rings (SSSR count). The van der Waals surface area contributed by atoms with Crippen molar-refractivity contribution in [3.8, 4) is 17.6 Å². The van der Waals surface area contributed by atoms with Crippen molar-refractivity contribution in [2.24, 2.45) is 5.92 Å². The van der Waals surface area contributed by atoms with E-state index in [9.17, 15) is 4.79 Å². The van der Waals surface area contributed by atoms with Gasteiger partial charge < -0.3 is 9.47 Å². The van der Waals surface area contributed by atoms with Crippen LogP contribution < -0.4 is 4.74 Å². The molecular formula is C31H39NO3. The molecule has 3 aliphatic rings. The number of nitrogens with zero attached hydrogens (tertiary/aromatic N) is 1. The maximum Gasteiger partial charge on any atom is 0.333 e. The largest absolute Gasteiger partial charge is 0.496 e. The summed E-state index contributed by atoms with van der Waals surface area (Å²) in [6, 6.07) is 5.53. The van der Waals surface area contributed by atoms with E-state index >= 15 is 0 Å². The van der Waals surface area contributed by atoms with Gasteiger partial charge in [0.2, 0.25) is 0 Å². The lowest BCUT2D eigenvalue weighted by molar-refractivity contribution is -0.138. The molecule has 1 saturated carbocycles. The molecule has 1 aromatic carbocycles. The molecule has 3 aliphatic carbocycles. The highest BCUT2D eigenvalue weighted by Gasteiger charge is 2.40. The standard InChI is InChI=1S/C31H39NO3/c1-7-35-30(33)21(2)18-23-11-8-22(9-12-23)10-13-24-19-26-29(28(20-24)34-6)27(16-17-31(26,3)4)32(5)25-14-15-25/h8-9,11,18-20,23,25,27H,7,12,14-17H2,1-6H3. The average molecular weight is 474 g/mol. The fourth-order valence-electron chi connectivity index (χ4n) is 5.32. The number of carbonyl (C=O) groups is 1. The second-order valence-corrected chi connectivity index (χ2v) is 10.7. The first-order chi connectivity index (χ1) is 16.7. The van der Waals surface area contributed by atoms with Gasteiger partial charge in [-0.2, -0.15) is 0 Å². The van der Waals surface area contributed by atoms with E-state index in [4.69, 9.17) is 9.47 Å². The van der Waals surface area contributed by atoms with Gasteiger partial charge in [-0.3, -0.25) is 4.90 Å². The summed E-state index contributed by atoms with van der Waals surface area (Å²) in [7, 11) is 4.05. The van der Waals surface area contributed by atoms with Crippen molar-refractivity contribution in [1.29, 1.82) is 0 Å². The predicted octanol–water partition coefficient (Wildman–Crippen LogP) is 6.27. The maximum absolute atomic E-state index is 11.9. The van der Waals surface area contributed by atoms with Crippen LogP contribution in [0.5, 0.6) is 5.75 Å². The van der Waals surface area contributed by atoms with Gasteiger partial charge in [-0.05, 0) is 82.0 Å². The van der Waals surface area contributed by atoms with Crippen LogP contribution in [0.25, 0.3) is 0 Å². The number of allylic oxidation sites excluding steroid dienone is 5. The van der Waals surface area contributed by atoms with Crippen LogP contribution >= 0.6 is 0 Å². The average Bonchev–Trinajstić information content (AvgIpc) is 3.69. The Bertz CT molecular complexity index is 1120. The molecule has 35 heavy (non-hydrogen) atoms. The first-order valence-corrected chi connectivity index (χ1v) is 12.9. The molecule has 0 radical (unpaired) electrons. The maximum atomic E-state index is 11.9. The summed E-state index contributed by atoms with van der Waals surface area (Å²) >= 11 is 0. The summed E-state index contributed by atoms with van der Waals surface area (Å²) in [5, 5.41) is 0. The first-order valence-electron chi connectivity index (χ1n) is 12.9. The third-order valence-corrected chi connectivity index (χ3v) is 7.63. The smallest absolute Gasteiger partial charge is 0.333 e. The monoisotopic (exact) mass is 473 g/mol. The summed E-state index contributed by atoms with van der Waals surface area (Å²) in [5.74, 6) is 7.65. The minimum absolute atomic E-state index is 0.0988. The summed E-state index contributed by atoms with van der Waals surface area (Å²) in [6.45, 7) is 8.71. The molecule has 4 heteroatoms. The number of ether oxygens (including phenoxy) is 2. The van der Waals surface area contributed by atoms with Crippen molar-refractivity contribution in [2.75, 3.05) is 20.8 Å². The number of carbonyl (C=O) groups excluding carboxylic acids is 1. The number of fused-ring (bicyclic) bond motifs is 1. The first kappa shape index (κ1) is 25.3. The Labute approximate surface area is 211 Å². The molecule has 0 bridgehead atoms. The van der Waals surface area contributed by atoms with Gasteiger partial charge in [0, 0.05) is 34.4 Å². The Morgan fingerprint density at radius 3 is 2.63 bits per heavy atom. The van der Waals surface area contributed by atoms with Gasteiger partial charge in [0.15, 0.2) is 0 Å². The van der Waals surface area contributed by atoms with Crippen LogP contribution in [-0.4, -0.2) is 37.7 Å². The van der Waals surface area contributed by atoms with Crippen LogP contribution in [0, 0.1) is 17.8 Å². The van der Waals surface area contributed by atoms with Crippen molar-refractivity contribution in [3.05, 3.63) is 64.3 Å². The molecule has 0 spiro atoms. The number of methoxy groups -OCH3 is 1. The van der Waals surface area contributed by atoms with Crippen LogP contribution in [-0.2, 0) is 14.9 Å². The van der Waals surface area contributed by atoms with Gasteiger partial charge in [0.1, 0.15) is 5.75 Å². The molecule has 2 atom stereocenters. The Balaban J connectivity index is 1.55. The molecule has 0 N–H and O–H groups in total. The molecule has 2 unspecified atom stereocenters. The van der Waals surface area contributed by atoms with E-state index in [2.05, 4.69) is 68.0 Å². The number of benzene rings is 1. The molecule has 1 aromatic rings. The molecule has 0 aromatic heterocycles. The van der Waals surface area contributed by atoms with Crippen molar-refractivity contribution in [3.63, 3.8) is 0 Å². The number of esters is 1. The fraction of sp³-hybridized carbons (Fsp3) is 0.516. The van der Waals surface area contributed by atoms with E-state index in [-0.39, 0.29) is 17.3 Å². The van der Waals surface area contributed by atoms with Gasteiger partial charge in [0.25, 0.3) is 0 Å². The molecular weight excluding hydrogens is 434 g/mol. The number of hydrogen-bond donors (Lipinski definition) is 0. The lowest BCUT2D eigenvalue weighted by Crippen LogP contribution is -2.35. The number of rotatable bonds is 6. The van der Waals surface area contributed by atoms with Gasteiger partial charge >= 0.3 is 5.97 Å². The fourth-order valence-corrected chi connectivity index (χ4v) is 5.32. The van der Waals surface area contributed by atoms with Crippen LogP contribution in [0.4, 0.5) is 0 Å². The van der Waals surface area contributed by atoms with Gasteiger partial charge in [-0.15, -0.1) is 0 Å². The van der Waals surface area contributed by atoms with E-state index in [0.29, 0.717) is 24.3 Å². The van der Waals surface area contributed by atoms with E-state index in [1.807, 2.05) is 19.9 Å². The molecule has 0 saturated heterocycles. The topological polar surface area (TPSA) is 38.8 Å². The minimum atomic E-state index is -0.245. The second-order valence-electron chi connectivity index (χ2n) is 10.7. The normalized spacial score (nSPS) is 23.2. The quantitative estimate of drug-likeness (QED) is 0.277. The molecule has 1 fully saturated rings. The summed E-state index contributed by atoms with van der Waals surface area (Å²) in [5.41, 5.74) is 5.48. The lowest BCUT2D eigenvalue weighted by Gasteiger charge is -2.41. The van der Waals surface area contributed by atoms with Gasteiger partial charge in [0.05, 0.1) is 13.7 Å². The van der Waals surface area contributed by atoms with E-state index in [0.717, 1.165) is 36.1 Å². The molecule has 0 amide bonds. The SMILES string of the molecule is CCOC(=O)C(C)=CC1C=CC(C#Cc2cc(OC)c3c(c2)C(C)(C)CCC3N(C)C2CC2)=CC1. The third-order valence-electron chi connectivity index (χ3n) is 7.63. The number of hydrogen-bond acceptors (Lipinski definition) is 4. The van der Waals surface area contributed by atoms with Crippen molar-refractivity contribution in [2.45, 2.75) is 77.3 Å². The molecule has 0 aliphatic heterocycles.